The van der Waals surface area contributed by atoms with Crippen molar-refractivity contribution >= 4 is 5.97 Å². The van der Waals surface area contributed by atoms with E-state index in [0.29, 0.717) is 24.9 Å². The van der Waals surface area contributed by atoms with E-state index in [4.69, 9.17) is 9.47 Å². The van der Waals surface area contributed by atoms with Crippen LogP contribution in [0.2, 0.25) is 0 Å². The van der Waals surface area contributed by atoms with Gasteiger partial charge in [0, 0.05) is 0 Å². The Balaban J connectivity index is 1.78. The second-order valence-electron chi connectivity index (χ2n) is 5.39. The van der Waals surface area contributed by atoms with Crippen LogP contribution in [0.5, 0.6) is 5.75 Å². The standard InChI is InChI=1S/C17H22O3/c1-13-5-3-4-6-15(13)12-20-17(18)11-14-7-9-16(19-2)10-8-14/h3-4,7-10,13,15H,5-6,11-12H2,1-2H3. The molecule has 108 valence electrons. The summed E-state index contributed by atoms with van der Waals surface area (Å²) >= 11 is 0. The van der Waals surface area contributed by atoms with Crippen LogP contribution < -0.4 is 4.74 Å². The van der Waals surface area contributed by atoms with E-state index < -0.39 is 0 Å². The van der Waals surface area contributed by atoms with Gasteiger partial charge in [-0.1, -0.05) is 31.2 Å². The van der Waals surface area contributed by atoms with Crippen LogP contribution in [0.15, 0.2) is 36.4 Å². The lowest BCUT2D eigenvalue weighted by Crippen LogP contribution is -2.22. The van der Waals surface area contributed by atoms with Crippen LogP contribution in [-0.4, -0.2) is 19.7 Å². The molecule has 0 N–H and O–H groups in total. The van der Waals surface area contributed by atoms with Crippen LogP contribution in [0.3, 0.4) is 0 Å². The highest BCUT2D eigenvalue weighted by molar-refractivity contribution is 5.72. The number of carbonyl (C=O) groups is 1. The van der Waals surface area contributed by atoms with Crippen LogP contribution in [0, 0.1) is 11.8 Å². The quantitative estimate of drug-likeness (QED) is 0.610. The summed E-state index contributed by atoms with van der Waals surface area (Å²) in [5, 5.41) is 0. The topological polar surface area (TPSA) is 35.5 Å². The van der Waals surface area contributed by atoms with E-state index in [-0.39, 0.29) is 5.97 Å². The molecule has 0 bridgehead atoms. The third kappa shape index (κ3) is 4.12. The summed E-state index contributed by atoms with van der Waals surface area (Å²) in [6.45, 7) is 2.74. The van der Waals surface area contributed by atoms with Gasteiger partial charge >= 0.3 is 5.97 Å². The maximum Gasteiger partial charge on any atom is 0.310 e. The highest BCUT2D eigenvalue weighted by Gasteiger charge is 2.19. The molecule has 1 aliphatic rings. The molecule has 0 aliphatic heterocycles. The molecule has 0 heterocycles. The summed E-state index contributed by atoms with van der Waals surface area (Å²) in [7, 11) is 1.63. The predicted molar refractivity (Wildman–Crippen MR) is 78.7 cm³/mol. The van der Waals surface area contributed by atoms with Crippen molar-refractivity contribution in [3.63, 3.8) is 0 Å². The summed E-state index contributed by atoms with van der Waals surface area (Å²) in [5.74, 6) is 1.69. The first-order valence-corrected chi connectivity index (χ1v) is 7.12. The molecule has 0 aromatic heterocycles. The molecule has 20 heavy (non-hydrogen) atoms. The molecule has 3 nitrogen and oxygen atoms in total. The molecule has 0 fully saturated rings. The molecule has 1 aromatic carbocycles. The van der Waals surface area contributed by atoms with E-state index in [1.54, 1.807) is 7.11 Å². The Morgan fingerprint density at radius 1 is 1.20 bits per heavy atom. The lowest BCUT2D eigenvalue weighted by molar-refractivity contribution is -0.144. The number of rotatable bonds is 5. The fraction of sp³-hybridized carbons (Fsp3) is 0.471. The van der Waals surface area contributed by atoms with Crippen molar-refractivity contribution in [3.8, 4) is 5.75 Å². The van der Waals surface area contributed by atoms with Crippen molar-refractivity contribution < 1.29 is 14.3 Å². The van der Waals surface area contributed by atoms with E-state index in [9.17, 15) is 4.79 Å². The second kappa shape index (κ2) is 7.13. The van der Waals surface area contributed by atoms with Gasteiger partial charge in [0.15, 0.2) is 0 Å². The minimum absolute atomic E-state index is 0.156. The number of ether oxygens (including phenoxy) is 2. The van der Waals surface area contributed by atoms with Gasteiger partial charge in [-0.3, -0.25) is 4.79 Å². The Kier molecular flexibility index (Phi) is 5.22. The molecule has 1 aliphatic carbocycles. The first kappa shape index (κ1) is 14.6. The third-order valence-corrected chi connectivity index (χ3v) is 3.88. The van der Waals surface area contributed by atoms with Crippen LogP contribution >= 0.6 is 0 Å². The van der Waals surface area contributed by atoms with Crippen molar-refractivity contribution in [3.05, 3.63) is 42.0 Å². The number of allylic oxidation sites excluding steroid dienone is 2. The predicted octanol–water partition coefficient (Wildman–Crippen LogP) is 3.38. The Bertz CT molecular complexity index is 462. The van der Waals surface area contributed by atoms with Gasteiger partial charge in [-0.15, -0.1) is 0 Å². The lowest BCUT2D eigenvalue weighted by Gasteiger charge is -2.24. The highest BCUT2D eigenvalue weighted by atomic mass is 16.5. The van der Waals surface area contributed by atoms with Gasteiger partial charge in [-0.25, -0.2) is 0 Å². The van der Waals surface area contributed by atoms with E-state index in [1.165, 1.54) is 0 Å². The molecule has 2 unspecified atom stereocenters. The van der Waals surface area contributed by atoms with Crippen molar-refractivity contribution in [1.29, 1.82) is 0 Å². The lowest BCUT2D eigenvalue weighted by atomic mass is 9.85. The fourth-order valence-corrected chi connectivity index (χ4v) is 2.40. The Morgan fingerprint density at radius 2 is 1.90 bits per heavy atom. The second-order valence-corrected chi connectivity index (χ2v) is 5.39. The van der Waals surface area contributed by atoms with Gasteiger partial charge in [-0.05, 0) is 42.4 Å². The first-order chi connectivity index (χ1) is 9.69. The zero-order valence-corrected chi connectivity index (χ0v) is 12.2. The van der Waals surface area contributed by atoms with Crippen molar-refractivity contribution in [1.82, 2.24) is 0 Å². The number of hydrogen-bond donors (Lipinski definition) is 0. The Morgan fingerprint density at radius 3 is 2.55 bits per heavy atom. The molecule has 2 atom stereocenters. The normalized spacial score (nSPS) is 21.5. The molecule has 0 spiro atoms. The molecule has 1 aromatic rings. The van der Waals surface area contributed by atoms with Crippen LogP contribution in [0.4, 0.5) is 0 Å². The molecule has 0 saturated heterocycles. The smallest absolute Gasteiger partial charge is 0.310 e. The number of methoxy groups -OCH3 is 1. The highest BCUT2D eigenvalue weighted by Crippen LogP contribution is 2.25. The fourth-order valence-electron chi connectivity index (χ4n) is 2.40. The largest absolute Gasteiger partial charge is 0.497 e. The van der Waals surface area contributed by atoms with E-state index in [2.05, 4.69) is 19.1 Å². The summed E-state index contributed by atoms with van der Waals surface area (Å²) in [6, 6.07) is 7.51. The molecule has 2 rings (SSSR count). The van der Waals surface area contributed by atoms with E-state index in [1.807, 2.05) is 24.3 Å². The van der Waals surface area contributed by atoms with E-state index >= 15 is 0 Å². The van der Waals surface area contributed by atoms with Gasteiger partial charge in [0.25, 0.3) is 0 Å². The van der Waals surface area contributed by atoms with Crippen LogP contribution in [0.25, 0.3) is 0 Å². The zero-order valence-electron chi connectivity index (χ0n) is 12.2. The average molecular weight is 274 g/mol. The Hall–Kier alpha value is -1.77. The Labute approximate surface area is 120 Å². The van der Waals surface area contributed by atoms with Crippen molar-refractivity contribution in [2.45, 2.75) is 26.2 Å². The maximum atomic E-state index is 11.8. The minimum Gasteiger partial charge on any atom is -0.497 e. The van der Waals surface area contributed by atoms with Gasteiger partial charge in [-0.2, -0.15) is 0 Å². The average Bonchev–Trinajstić information content (AvgIpc) is 2.47. The van der Waals surface area contributed by atoms with Crippen molar-refractivity contribution in [2.24, 2.45) is 11.8 Å². The summed E-state index contributed by atoms with van der Waals surface area (Å²) in [4.78, 5) is 11.8. The summed E-state index contributed by atoms with van der Waals surface area (Å²) in [5.41, 5.74) is 0.951. The monoisotopic (exact) mass is 274 g/mol. The molecular formula is C17H22O3. The van der Waals surface area contributed by atoms with Gasteiger partial charge in [0.05, 0.1) is 20.1 Å². The molecule has 0 saturated carbocycles. The maximum absolute atomic E-state index is 11.8. The van der Waals surface area contributed by atoms with Crippen LogP contribution in [0.1, 0.15) is 25.3 Å². The minimum atomic E-state index is -0.156. The van der Waals surface area contributed by atoms with Crippen molar-refractivity contribution in [2.75, 3.05) is 13.7 Å². The number of carbonyl (C=O) groups excluding carboxylic acids is 1. The van der Waals surface area contributed by atoms with Gasteiger partial charge < -0.3 is 9.47 Å². The number of hydrogen-bond acceptors (Lipinski definition) is 3. The van der Waals surface area contributed by atoms with Crippen LogP contribution in [-0.2, 0) is 16.0 Å². The third-order valence-electron chi connectivity index (χ3n) is 3.88. The molecular weight excluding hydrogens is 252 g/mol. The summed E-state index contributed by atoms with van der Waals surface area (Å²) in [6.07, 6.45) is 6.81. The van der Waals surface area contributed by atoms with Gasteiger partial charge in [0.1, 0.15) is 5.75 Å². The van der Waals surface area contributed by atoms with Gasteiger partial charge in [0.2, 0.25) is 0 Å². The number of benzene rings is 1. The SMILES string of the molecule is COc1ccc(CC(=O)OCC2CC=CCC2C)cc1. The first-order valence-electron chi connectivity index (χ1n) is 7.12. The summed E-state index contributed by atoms with van der Waals surface area (Å²) < 4.78 is 10.5. The molecule has 0 amide bonds. The zero-order chi connectivity index (χ0) is 14.4. The molecule has 3 heteroatoms. The number of esters is 1. The van der Waals surface area contributed by atoms with E-state index in [0.717, 1.165) is 24.2 Å². The molecule has 0 radical (unpaired) electrons.